The molecule has 0 aliphatic heterocycles. The largest absolute Gasteiger partial charge is 0.508 e. The Balaban J connectivity index is 1.96. The van der Waals surface area contributed by atoms with Gasteiger partial charge in [-0.15, -0.1) is 0 Å². The molecule has 0 aromatic heterocycles. The van der Waals surface area contributed by atoms with E-state index in [0.29, 0.717) is 5.56 Å². The summed E-state index contributed by atoms with van der Waals surface area (Å²) in [6, 6.07) is 10.1. The van der Waals surface area contributed by atoms with E-state index in [-0.39, 0.29) is 29.0 Å². The molecule has 0 saturated carbocycles. The fraction of sp³-hybridized carbons (Fsp3) is 0.0625. The molecule has 0 saturated heterocycles. The van der Waals surface area contributed by atoms with Crippen molar-refractivity contribution < 1.29 is 24.9 Å². The minimum Gasteiger partial charge on any atom is -0.508 e. The molecule has 0 heterocycles. The molecule has 7 heteroatoms. The molecule has 118 valence electrons. The second-order valence-corrected chi connectivity index (χ2v) is 4.72. The number of benzene rings is 2. The molecule has 0 fully saturated rings. The molecular formula is C16H14N2O5. The third-order valence-electron chi connectivity index (χ3n) is 2.95. The lowest BCUT2D eigenvalue weighted by Crippen LogP contribution is -2.19. The number of aromatic carboxylic acids is 1. The van der Waals surface area contributed by atoms with Crippen LogP contribution in [0.5, 0.6) is 11.5 Å². The summed E-state index contributed by atoms with van der Waals surface area (Å²) in [4.78, 5) is 22.4. The zero-order valence-electron chi connectivity index (χ0n) is 11.9. The van der Waals surface area contributed by atoms with Crippen molar-refractivity contribution in [1.82, 2.24) is 5.43 Å². The Hall–Kier alpha value is -3.35. The van der Waals surface area contributed by atoms with Crippen LogP contribution in [0.2, 0.25) is 0 Å². The number of carbonyl (C=O) groups is 2. The van der Waals surface area contributed by atoms with Crippen LogP contribution < -0.4 is 5.43 Å². The van der Waals surface area contributed by atoms with Gasteiger partial charge in [0.1, 0.15) is 11.5 Å². The maximum atomic E-state index is 11.7. The first-order valence-electron chi connectivity index (χ1n) is 6.62. The highest BCUT2D eigenvalue weighted by Crippen LogP contribution is 2.17. The van der Waals surface area contributed by atoms with Crippen molar-refractivity contribution in [2.75, 3.05) is 0 Å². The van der Waals surface area contributed by atoms with Gasteiger partial charge in [-0.05, 0) is 35.9 Å². The van der Waals surface area contributed by atoms with Gasteiger partial charge in [-0.1, -0.05) is 12.1 Å². The minimum absolute atomic E-state index is 0.0374. The summed E-state index contributed by atoms with van der Waals surface area (Å²) >= 11 is 0. The van der Waals surface area contributed by atoms with Crippen molar-refractivity contribution in [3.63, 3.8) is 0 Å². The smallest absolute Gasteiger partial charge is 0.335 e. The van der Waals surface area contributed by atoms with Gasteiger partial charge in [-0.25, -0.2) is 10.2 Å². The second-order valence-electron chi connectivity index (χ2n) is 4.72. The predicted octanol–water partition coefficient (Wildman–Crippen LogP) is 1.49. The van der Waals surface area contributed by atoms with Gasteiger partial charge in [0, 0.05) is 5.56 Å². The van der Waals surface area contributed by atoms with Crippen molar-refractivity contribution in [1.29, 1.82) is 0 Å². The number of amides is 1. The molecular weight excluding hydrogens is 300 g/mol. The average Bonchev–Trinajstić information content (AvgIpc) is 2.48. The number of aromatic hydroxyl groups is 2. The highest BCUT2D eigenvalue weighted by atomic mass is 16.4. The second kappa shape index (κ2) is 7.08. The van der Waals surface area contributed by atoms with E-state index >= 15 is 0 Å². The number of nitrogens with one attached hydrogen (secondary N) is 1. The molecule has 0 spiro atoms. The van der Waals surface area contributed by atoms with E-state index < -0.39 is 11.9 Å². The van der Waals surface area contributed by atoms with E-state index in [9.17, 15) is 19.8 Å². The molecule has 0 aliphatic rings. The molecule has 4 N–H and O–H groups in total. The summed E-state index contributed by atoms with van der Waals surface area (Å²) < 4.78 is 0. The highest BCUT2D eigenvalue weighted by Gasteiger charge is 2.06. The van der Waals surface area contributed by atoms with Crippen molar-refractivity contribution >= 4 is 18.1 Å². The molecule has 0 atom stereocenters. The first-order chi connectivity index (χ1) is 11.0. The van der Waals surface area contributed by atoms with Crippen molar-refractivity contribution in [3.8, 4) is 11.5 Å². The number of carbonyl (C=O) groups excluding carboxylic acids is 1. The first kappa shape index (κ1) is 16.0. The lowest BCUT2D eigenvalue weighted by atomic mass is 10.1. The van der Waals surface area contributed by atoms with E-state index in [2.05, 4.69) is 10.5 Å². The van der Waals surface area contributed by atoms with Gasteiger partial charge in [0.15, 0.2) is 0 Å². The van der Waals surface area contributed by atoms with E-state index in [4.69, 9.17) is 5.11 Å². The van der Waals surface area contributed by atoms with Gasteiger partial charge in [-0.2, -0.15) is 5.10 Å². The van der Waals surface area contributed by atoms with E-state index in [0.717, 1.165) is 6.07 Å². The van der Waals surface area contributed by atoms with E-state index in [1.165, 1.54) is 30.5 Å². The standard InChI is InChI=1S/C16H14N2O5/c19-13-3-1-2-10(6-13)7-15(21)18-17-9-12-5-4-11(16(22)23)8-14(12)20/h1-6,8-9,19-20H,7H2,(H,18,21)(H,22,23). The molecule has 0 aliphatic carbocycles. The van der Waals surface area contributed by atoms with Crippen molar-refractivity contribution in [2.24, 2.45) is 5.10 Å². The third kappa shape index (κ3) is 4.57. The molecule has 0 unspecified atom stereocenters. The number of carboxylic acids is 1. The number of nitrogens with zero attached hydrogens (tertiary/aromatic N) is 1. The van der Waals surface area contributed by atoms with Crippen LogP contribution in [0.4, 0.5) is 0 Å². The number of phenols is 2. The summed E-state index contributed by atoms with van der Waals surface area (Å²) in [7, 11) is 0. The lowest BCUT2D eigenvalue weighted by molar-refractivity contribution is -0.120. The molecule has 7 nitrogen and oxygen atoms in total. The topological polar surface area (TPSA) is 119 Å². The fourth-order valence-electron chi connectivity index (χ4n) is 1.85. The van der Waals surface area contributed by atoms with Gasteiger partial charge in [0.25, 0.3) is 0 Å². The highest BCUT2D eigenvalue weighted by molar-refractivity contribution is 5.91. The average molecular weight is 314 g/mol. The monoisotopic (exact) mass is 314 g/mol. The normalized spacial score (nSPS) is 10.6. The quantitative estimate of drug-likeness (QED) is 0.492. The summed E-state index contributed by atoms with van der Waals surface area (Å²) in [5, 5.41) is 31.5. The van der Waals surface area contributed by atoms with Gasteiger partial charge >= 0.3 is 5.97 Å². The van der Waals surface area contributed by atoms with Crippen LogP contribution in [0.25, 0.3) is 0 Å². The Morgan fingerprint density at radius 1 is 1.13 bits per heavy atom. The van der Waals surface area contributed by atoms with Gasteiger partial charge < -0.3 is 15.3 Å². The number of carboxylic acid groups (broad SMARTS) is 1. The third-order valence-corrected chi connectivity index (χ3v) is 2.95. The van der Waals surface area contributed by atoms with Crippen LogP contribution in [0.15, 0.2) is 47.6 Å². The molecule has 0 bridgehead atoms. The number of hydrogen-bond acceptors (Lipinski definition) is 5. The summed E-state index contributed by atoms with van der Waals surface area (Å²) in [5.74, 6) is -1.73. The number of hydrogen-bond donors (Lipinski definition) is 4. The lowest BCUT2D eigenvalue weighted by Gasteiger charge is -2.02. The Morgan fingerprint density at radius 3 is 2.57 bits per heavy atom. The molecule has 23 heavy (non-hydrogen) atoms. The summed E-state index contributed by atoms with van der Waals surface area (Å²) in [5.41, 5.74) is 3.14. The SMILES string of the molecule is O=C(Cc1cccc(O)c1)NN=Cc1ccc(C(=O)O)cc1O. The molecule has 1 amide bonds. The summed E-state index contributed by atoms with van der Waals surface area (Å²) in [6.45, 7) is 0. The Labute approximate surface area is 131 Å². The van der Waals surface area contributed by atoms with E-state index in [1.54, 1.807) is 12.1 Å². The molecule has 2 rings (SSSR count). The fourth-order valence-corrected chi connectivity index (χ4v) is 1.85. The van der Waals surface area contributed by atoms with Crippen LogP contribution in [0.3, 0.4) is 0 Å². The Kier molecular flexibility index (Phi) is 4.93. The maximum Gasteiger partial charge on any atom is 0.335 e. The predicted molar refractivity (Wildman–Crippen MR) is 82.6 cm³/mol. The zero-order valence-corrected chi connectivity index (χ0v) is 11.9. The minimum atomic E-state index is -1.15. The molecule has 2 aromatic rings. The molecule has 2 aromatic carbocycles. The Morgan fingerprint density at radius 2 is 1.91 bits per heavy atom. The van der Waals surface area contributed by atoms with Gasteiger partial charge in [0.05, 0.1) is 18.2 Å². The van der Waals surface area contributed by atoms with E-state index in [1.807, 2.05) is 0 Å². The number of rotatable bonds is 5. The first-order valence-corrected chi connectivity index (χ1v) is 6.62. The van der Waals surface area contributed by atoms with Crippen LogP contribution in [0.1, 0.15) is 21.5 Å². The van der Waals surface area contributed by atoms with Gasteiger partial charge in [0.2, 0.25) is 5.91 Å². The zero-order chi connectivity index (χ0) is 16.8. The Bertz CT molecular complexity index is 771. The van der Waals surface area contributed by atoms with Crippen LogP contribution in [-0.4, -0.2) is 33.4 Å². The number of phenolic OH excluding ortho intramolecular Hbond substituents is 2. The van der Waals surface area contributed by atoms with Crippen LogP contribution in [-0.2, 0) is 11.2 Å². The van der Waals surface area contributed by atoms with Crippen molar-refractivity contribution in [2.45, 2.75) is 6.42 Å². The van der Waals surface area contributed by atoms with Crippen LogP contribution in [0, 0.1) is 0 Å². The van der Waals surface area contributed by atoms with Gasteiger partial charge in [-0.3, -0.25) is 4.79 Å². The van der Waals surface area contributed by atoms with Crippen LogP contribution >= 0.6 is 0 Å². The number of hydrazone groups is 1. The maximum absolute atomic E-state index is 11.7. The summed E-state index contributed by atoms with van der Waals surface area (Å²) in [6.07, 6.45) is 1.25. The molecule has 0 radical (unpaired) electrons. The van der Waals surface area contributed by atoms with Crippen molar-refractivity contribution in [3.05, 3.63) is 59.2 Å².